The maximum Gasteiger partial charge on any atom is 0.100 e. The first-order valence-corrected chi connectivity index (χ1v) is 14.3. The minimum absolute atomic E-state index is 0. The van der Waals surface area contributed by atoms with Crippen molar-refractivity contribution in [2.75, 3.05) is 74.9 Å². The largest absolute Gasteiger partial charge is 0.412 e. The lowest BCUT2D eigenvalue weighted by Gasteiger charge is -1.96. The fourth-order valence-corrected chi connectivity index (χ4v) is 1.15. The van der Waals surface area contributed by atoms with Crippen molar-refractivity contribution < 1.29 is 62.4 Å². The second kappa shape index (κ2) is 85.5. The highest BCUT2D eigenvalue weighted by molar-refractivity contribution is 6.32. The van der Waals surface area contributed by atoms with Crippen LogP contribution < -0.4 is 0 Å². The van der Waals surface area contributed by atoms with Gasteiger partial charge in [-0.1, -0.05) is 14.9 Å². The van der Waals surface area contributed by atoms with Gasteiger partial charge in [-0.25, -0.2) is 0 Å². The Morgan fingerprint density at radius 3 is 0.568 bits per heavy atom. The predicted octanol–water partition coefficient (Wildman–Crippen LogP) is 1.27. The van der Waals surface area contributed by atoms with E-state index >= 15 is 0 Å². The zero-order valence-corrected chi connectivity index (χ0v) is 31.4. The lowest BCUT2D eigenvalue weighted by atomic mass is 10.4. The normalized spacial score (nSPS) is 9.41. The first kappa shape index (κ1) is 91.3. The predicted molar refractivity (Wildman–Crippen MR) is 200 cm³/mol. The molecule has 0 rings (SSSR count). The molecule has 0 aliphatic heterocycles. The summed E-state index contributed by atoms with van der Waals surface area (Å²) in [5, 5.41) is 72.1. The van der Waals surface area contributed by atoms with E-state index in [0.717, 1.165) is 0 Å². The molecule has 15 N–H and O–H groups in total. The third-order valence-corrected chi connectivity index (χ3v) is 5.80. The Morgan fingerprint density at radius 1 is 0.341 bits per heavy atom. The van der Waals surface area contributed by atoms with Crippen LogP contribution in [0.15, 0.2) is 0 Å². The van der Waals surface area contributed by atoms with Gasteiger partial charge in [0.15, 0.2) is 0 Å². The van der Waals surface area contributed by atoms with Gasteiger partial charge >= 0.3 is 0 Å². The van der Waals surface area contributed by atoms with Crippen LogP contribution in [-0.2, 0) is 0 Å². The van der Waals surface area contributed by atoms with Crippen molar-refractivity contribution >= 4 is 142 Å². The van der Waals surface area contributed by atoms with E-state index in [-0.39, 0.29) is 137 Å². The van der Waals surface area contributed by atoms with Gasteiger partial charge in [-0.15, -0.1) is 142 Å². The van der Waals surface area contributed by atoms with Gasteiger partial charge in [0.05, 0.1) is 73.9 Å². The number of aliphatic hydroxyl groups excluding tert-OH is 9. The molecular weight excluding hydrogens is 858 g/mol. The van der Waals surface area contributed by atoms with E-state index < -0.39 is 23.7 Å². The summed E-state index contributed by atoms with van der Waals surface area (Å²) in [6.07, 6.45) is -2.23. The van der Waals surface area contributed by atoms with Crippen LogP contribution >= 0.6 is 142 Å². The van der Waals surface area contributed by atoms with Crippen molar-refractivity contribution in [3.8, 4) is 0 Å². The molecule has 44 heavy (non-hydrogen) atoms. The summed E-state index contributed by atoms with van der Waals surface area (Å²) in [4.78, 5) is 0. The molecule has 292 valence electrons. The van der Waals surface area contributed by atoms with E-state index in [1.165, 1.54) is 0 Å². The molecule has 0 aromatic carbocycles. The lowest BCUT2D eigenvalue weighted by Crippen LogP contribution is -2.15. The van der Waals surface area contributed by atoms with Gasteiger partial charge in [-0.3, -0.25) is 0 Å². The van der Waals surface area contributed by atoms with Crippen molar-refractivity contribution in [2.24, 2.45) is 0 Å². The molecule has 0 bridgehead atoms. The molecule has 2 atom stereocenters. The average Bonchev–Trinajstić information content (AvgIpc) is 2.95. The Labute approximate surface area is 325 Å². The molecule has 0 aromatic rings. The van der Waals surface area contributed by atoms with Gasteiger partial charge in [0, 0.05) is 29.4 Å². The van der Waals surface area contributed by atoms with Crippen molar-refractivity contribution in [3.05, 3.63) is 0 Å². The summed E-state index contributed by atoms with van der Waals surface area (Å²) in [7, 11) is 0. The van der Waals surface area contributed by atoms with Crippen molar-refractivity contribution in [2.45, 2.75) is 49.3 Å². The van der Waals surface area contributed by atoms with Crippen molar-refractivity contribution in [1.82, 2.24) is 0 Å². The van der Waals surface area contributed by atoms with Gasteiger partial charge in [0.25, 0.3) is 0 Å². The SMILES string of the molecule is C.C.Cl.Cl.Cl.ClCC(Cl)CCl.O.O.O.OC(CCl)CCl.OCC(Cl)CCl.OCC(Cl)CO.OCC(O)CCl.OCC(O)CO. The third-order valence-electron chi connectivity index (χ3n) is 2.26. The van der Waals surface area contributed by atoms with E-state index in [0.29, 0.717) is 17.6 Å². The summed E-state index contributed by atoms with van der Waals surface area (Å²) in [6, 6.07) is 0. The number of hydrogen-bond donors (Lipinski definition) is 9. The standard InChI is InChI=1S/C3H5Cl3.2C3H6Cl2O.2C3H7ClO2.C3H8O3.2CH4.3ClH.3H2O/c4-1-3(6)2-5;4-1-3(5)2-6;4-1-3(6)2-5;4-3(1-5)2-6;2*4-1-3(6)2-5;;;;;;;;/h3H,1-2H2;2*3,6H,1-2H2;2*3,5-6H,1-2H2;3-6H,1-2H2;2*1H4;3*1H;3*1H2. The summed E-state index contributed by atoms with van der Waals surface area (Å²) < 4.78 is 0. The maximum atomic E-state index is 8.40. The Balaban J connectivity index is -0.0000000197. The second-order valence-corrected chi connectivity index (χ2v) is 9.48. The summed E-state index contributed by atoms with van der Waals surface area (Å²) in [5.41, 5.74) is 0. The molecule has 24 heteroatoms. The Hall–Kier alpha value is 3.00. The van der Waals surface area contributed by atoms with E-state index in [4.69, 9.17) is 150 Å². The van der Waals surface area contributed by atoms with Crippen molar-refractivity contribution in [1.29, 1.82) is 0 Å². The number of hydrogen-bond acceptors (Lipinski definition) is 9. The van der Waals surface area contributed by atoms with Crippen molar-refractivity contribution in [3.63, 3.8) is 0 Å². The van der Waals surface area contributed by atoms with Gasteiger partial charge in [0.2, 0.25) is 0 Å². The molecule has 0 saturated carbocycles. The molecule has 0 heterocycles. The molecule has 0 aliphatic rings. The molecule has 0 saturated heterocycles. The van der Waals surface area contributed by atoms with Crippen LogP contribution in [0.25, 0.3) is 0 Å². The molecular formula is C20H56Cl12O12. The van der Waals surface area contributed by atoms with Crippen LogP contribution in [0, 0.1) is 0 Å². The van der Waals surface area contributed by atoms with Crippen LogP contribution in [0.2, 0.25) is 0 Å². The van der Waals surface area contributed by atoms with E-state index in [1.54, 1.807) is 0 Å². The molecule has 0 aliphatic carbocycles. The number of rotatable bonds is 12. The van der Waals surface area contributed by atoms with E-state index in [2.05, 4.69) is 0 Å². The van der Waals surface area contributed by atoms with Crippen LogP contribution in [0.5, 0.6) is 0 Å². The van der Waals surface area contributed by atoms with Gasteiger partial charge in [-0.2, -0.15) is 0 Å². The Bertz CT molecular complexity index is 261. The molecule has 0 spiro atoms. The zero-order chi connectivity index (χ0) is 29.9. The first-order valence-electron chi connectivity index (χ1n) is 9.83. The highest BCUT2D eigenvalue weighted by atomic mass is 35.5. The number of alkyl halides is 9. The Morgan fingerprint density at radius 2 is 0.568 bits per heavy atom. The minimum atomic E-state index is -0.954. The zero-order valence-electron chi connectivity index (χ0n) is 22.1. The van der Waals surface area contributed by atoms with E-state index in [9.17, 15) is 0 Å². The van der Waals surface area contributed by atoms with Gasteiger partial charge < -0.3 is 62.4 Å². The molecule has 0 radical (unpaired) electrons. The molecule has 0 amide bonds. The van der Waals surface area contributed by atoms with Gasteiger partial charge in [-0.05, 0) is 0 Å². The molecule has 0 fully saturated rings. The molecule has 2 unspecified atom stereocenters. The third kappa shape index (κ3) is 120. The van der Waals surface area contributed by atoms with Crippen LogP contribution in [0.3, 0.4) is 0 Å². The smallest absolute Gasteiger partial charge is 0.100 e. The van der Waals surface area contributed by atoms with Crippen LogP contribution in [0.4, 0.5) is 0 Å². The molecule has 12 nitrogen and oxygen atoms in total. The first-order chi connectivity index (χ1) is 16.8. The second-order valence-electron chi connectivity index (χ2n) is 5.77. The minimum Gasteiger partial charge on any atom is -0.412 e. The van der Waals surface area contributed by atoms with Crippen LogP contribution in [-0.4, -0.2) is 172 Å². The van der Waals surface area contributed by atoms with Crippen LogP contribution in [0.1, 0.15) is 14.9 Å². The Kier molecular flexibility index (Phi) is 178. The summed E-state index contributed by atoms with van der Waals surface area (Å²) in [5.74, 6) is 1.75. The molecule has 0 aromatic heterocycles. The fraction of sp³-hybridized carbons (Fsp3) is 1.00. The summed E-state index contributed by atoms with van der Waals surface area (Å²) in [6.45, 7) is -1.32. The summed E-state index contributed by atoms with van der Waals surface area (Å²) >= 11 is 46.7. The quantitative estimate of drug-likeness (QED) is 0.127. The van der Waals surface area contributed by atoms with Gasteiger partial charge in [0.1, 0.15) is 6.10 Å². The highest BCUT2D eigenvalue weighted by Crippen LogP contribution is 1.99. The number of aliphatic hydroxyl groups is 9. The van der Waals surface area contributed by atoms with E-state index in [1.807, 2.05) is 0 Å². The highest BCUT2D eigenvalue weighted by Gasteiger charge is 1.97. The fourth-order valence-electron chi connectivity index (χ4n) is 0.296. The maximum absolute atomic E-state index is 8.40. The monoisotopic (exact) mass is 908 g/mol. The topological polar surface area (TPSA) is 277 Å². The lowest BCUT2D eigenvalue weighted by molar-refractivity contribution is 0.0450. The number of halogens is 12. The average molecular weight is 914 g/mol.